The van der Waals surface area contributed by atoms with Gasteiger partial charge in [-0.05, 0) is 18.8 Å². The summed E-state index contributed by atoms with van der Waals surface area (Å²) >= 11 is 0. The monoisotopic (exact) mass is 131 g/mol. The molecular weight excluding hydrogens is 118 g/mol. The quantitative estimate of drug-likeness (QED) is 0.454. The smallest absolute Gasteiger partial charge is 0.0776 e. The van der Waals surface area contributed by atoms with E-state index in [2.05, 4.69) is 0 Å². The van der Waals surface area contributed by atoms with Gasteiger partial charge < -0.3 is 15.9 Å². The van der Waals surface area contributed by atoms with Crippen LogP contribution < -0.4 is 5.73 Å². The van der Waals surface area contributed by atoms with Crippen molar-refractivity contribution in [3.05, 3.63) is 0 Å². The first kappa shape index (κ1) is 6.99. The van der Waals surface area contributed by atoms with Crippen molar-refractivity contribution in [1.29, 1.82) is 0 Å². The summed E-state index contributed by atoms with van der Waals surface area (Å²) in [5, 5.41) is 17.8. The number of hydrogen-bond acceptors (Lipinski definition) is 3. The van der Waals surface area contributed by atoms with Crippen LogP contribution in [-0.4, -0.2) is 29.0 Å². The van der Waals surface area contributed by atoms with Gasteiger partial charge >= 0.3 is 0 Å². The summed E-state index contributed by atoms with van der Waals surface area (Å²) in [6.45, 7) is 0.506. The van der Waals surface area contributed by atoms with Crippen molar-refractivity contribution < 1.29 is 10.2 Å². The van der Waals surface area contributed by atoms with Crippen molar-refractivity contribution in [2.24, 2.45) is 11.7 Å². The first-order chi connectivity index (χ1) is 4.20. The molecule has 0 aromatic carbocycles. The van der Waals surface area contributed by atoms with Gasteiger partial charge in [-0.1, -0.05) is 0 Å². The summed E-state index contributed by atoms with van der Waals surface area (Å²) in [6, 6.07) is 0. The first-order valence-electron chi connectivity index (χ1n) is 3.23. The van der Waals surface area contributed by atoms with Gasteiger partial charge in [0.25, 0.3) is 0 Å². The zero-order valence-electron chi connectivity index (χ0n) is 5.38. The molecule has 3 nitrogen and oxygen atoms in total. The highest BCUT2D eigenvalue weighted by Crippen LogP contribution is 2.36. The molecule has 0 unspecified atom stereocenters. The van der Waals surface area contributed by atoms with E-state index < -0.39 is 5.60 Å². The van der Waals surface area contributed by atoms with Gasteiger partial charge in [0.15, 0.2) is 0 Å². The molecular formula is C6H13NO2. The molecule has 1 aliphatic rings. The Kier molecular flexibility index (Phi) is 1.75. The molecule has 0 bridgehead atoms. The third-order valence-corrected chi connectivity index (χ3v) is 1.98. The van der Waals surface area contributed by atoms with Crippen LogP contribution in [0.15, 0.2) is 0 Å². The van der Waals surface area contributed by atoms with Crippen LogP contribution >= 0.6 is 0 Å². The molecule has 0 radical (unpaired) electrons. The first-order valence-corrected chi connectivity index (χ1v) is 3.23. The van der Waals surface area contributed by atoms with Gasteiger partial charge in [0.1, 0.15) is 0 Å². The van der Waals surface area contributed by atoms with E-state index in [-0.39, 0.29) is 6.61 Å². The number of aliphatic hydroxyl groups is 2. The lowest BCUT2D eigenvalue weighted by atomic mass is 9.71. The maximum atomic E-state index is 9.28. The third kappa shape index (κ3) is 1.23. The lowest BCUT2D eigenvalue weighted by Crippen LogP contribution is -2.50. The fourth-order valence-electron chi connectivity index (χ4n) is 1.31. The average molecular weight is 131 g/mol. The lowest BCUT2D eigenvalue weighted by Gasteiger charge is -2.41. The number of hydrogen-bond donors (Lipinski definition) is 3. The van der Waals surface area contributed by atoms with E-state index in [0.29, 0.717) is 25.3 Å². The molecule has 0 aliphatic heterocycles. The van der Waals surface area contributed by atoms with Gasteiger partial charge in [-0.2, -0.15) is 0 Å². The molecule has 1 aliphatic carbocycles. The Morgan fingerprint density at radius 3 is 2.44 bits per heavy atom. The summed E-state index contributed by atoms with van der Waals surface area (Å²) in [4.78, 5) is 0. The minimum Gasteiger partial charge on any atom is -0.396 e. The Morgan fingerprint density at radius 2 is 2.11 bits per heavy atom. The second-order valence-corrected chi connectivity index (χ2v) is 2.89. The summed E-state index contributed by atoms with van der Waals surface area (Å²) in [5.74, 6) is 0.290. The Balaban J connectivity index is 2.24. The van der Waals surface area contributed by atoms with E-state index in [0.717, 1.165) is 0 Å². The fourth-order valence-corrected chi connectivity index (χ4v) is 1.31. The largest absolute Gasteiger partial charge is 0.396 e. The fraction of sp³-hybridized carbons (Fsp3) is 1.00. The predicted octanol–water partition coefficient (Wildman–Crippen LogP) is -0.922. The van der Waals surface area contributed by atoms with E-state index in [9.17, 15) is 5.11 Å². The van der Waals surface area contributed by atoms with Gasteiger partial charge in [0, 0.05) is 13.2 Å². The van der Waals surface area contributed by atoms with Crippen LogP contribution in [0.25, 0.3) is 0 Å². The summed E-state index contributed by atoms with van der Waals surface area (Å²) in [6.07, 6.45) is 1.33. The normalized spacial score (nSPS) is 42.3. The van der Waals surface area contributed by atoms with Gasteiger partial charge in [-0.3, -0.25) is 0 Å². The lowest BCUT2D eigenvalue weighted by molar-refractivity contribution is -0.0793. The molecule has 1 fully saturated rings. The van der Waals surface area contributed by atoms with Crippen LogP contribution in [0.1, 0.15) is 12.8 Å². The van der Waals surface area contributed by atoms with Crippen LogP contribution in [0.5, 0.6) is 0 Å². The van der Waals surface area contributed by atoms with Crippen molar-refractivity contribution in [1.82, 2.24) is 0 Å². The summed E-state index contributed by atoms with van der Waals surface area (Å²) < 4.78 is 0. The van der Waals surface area contributed by atoms with Crippen LogP contribution in [-0.2, 0) is 0 Å². The van der Waals surface area contributed by atoms with Crippen molar-refractivity contribution in [2.75, 3.05) is 13.2 Å². The molecule has 0 amide bonds. The van der Waals surface area contributed by atoms with Crippen LogP contribution in [0.4, 0.5) is 0 Å². The second-order valence-electron chi connectivity index (χ2n) is 2.89. The van der Waals surface area contributed by atoms with E-state index in [1.807, 2.05) is 0 Å². The summed E-state index contributed by atoms with van der Waals surface area (Å²) in [7, 11) is 0. The molecule has 3 heteroatoms. The number of nitrogens with two attached hydrogens (primary N) is 1. The predicted molar refractivity (Wildman–Crippen MR) is 33.8 cm³/mol. The van der Waals surface area contributed by atoms with E-state index in [4.69, 9.17) is 10.8 Å². The Morgan fingerprint density at radius 1 is 1.56 bits per heavy atom. The SMILES string of the molecule is NCC1(O)CC(CO)C1. The van der Waals surface area contributed by atoms with Crippen LogP contribution in [0, 0.1) is 5.92 Å². The Hall–Kier alpha value is -0.120. The Labute approximate surface area is 54.5 Å². The van der Waals surface area contributed by atoms with E-state index >= 15 is 0 Å². The zero-order valence-corrected chi connectivity index (χ0v) is 5.38. The average Bonchev–Trinajstić information content (AvgIpc) is 1.81. The molecule has 1 saturated carbocycles. The minimum absolute atomic E-state index is 0.183. The van der Waals surface area contributed by atoms with Gasteiger partial charge in [-0.25, -0.2) is 0 Å². The topological polar surface area (TPSA) is 66.5 Å². The highest BCUT2D eigenvalue weighted by Gasteiger charge is 2.40. The zero-order chi connectivity index (χ0) is 6.91. The molecule has 0 atom stereocenters. The summed E-state index contributed by atoms with van der Waals surface area (Å²) in [5.41, 5.74) is 4.61. The minimum atomic E-state index is -0.645. The molecule has 0 heterocycles. The van der Waals surface area contributed by atoms with Crippen molar-refractivity contribution >= 4 is 0 Å². The number of rotatable bonds is 2. The van der Waals surface area contributed by atoms with Crippen LogP contribution in [0.3, 0.4) is 0 Å². The molecule has 54 valence electrons. The molecule has 1 rings (SSSR count). The maximum absolute atomic E-state index is 9.28. The van der Waals surface area contributed by atoms with Gasteiger partial charge in [0.2, 0.25) is 0 Å². The van der Waals surface area contributed by atoms with Crippen molar-refractivity contribution in [3.8, 4) is 0 Å². The van der Waals surface area contributed by atoms with E-state index in [1.165, 1.54) is 0 Å². The van der Waals surface area contributed by atoms with Crippen LogP contribution in [0.2, 0.25) is 0 Å². The standard InChI is InChI=1S/C6H13NO2/c7-4-6(9)1-5(2-6)3-8/h5,8-9H,1-4,7H2. The van der Waals surface area contributed by atoms with Gasteiger partial charge in [-0.15, -0.1) is 0 Å². The molecule has 0 aromatic heterocycles. The molecule has 0 spiro atoms. The molecule has 0 aromatic rings. The second kappa shape index (κ2) is 2.25. The van der Waals surface area contributed by atoms with Crippen molar-refractivity contribution in [2.45, 2.75) is 18.4 Å². The highest BCUT2D eigenvalue weighted by atomic mass is 16.3. The maximum Gasteiger partial charge on any atom is 0.0776 e. The molecule has 0 saturated heterocycles. The van der Waals surface area contributed by atoms with Gasteiger partial charge in [0.05, 0.1) is 5.60 Å². The van der Waals surface area contributed by atoms with E-state index in [1.54, 1.807) is 0 Å². The Bertz CT molecular complexity index is 99.2. The highest BCUT2D eigenvalue weighted by molar-refractivity contribution is 4.94. The molecule has 9 heavy (non-hydrogen) atoms. The molecule has 4 N–H and O–H groups in total. The van der Waals surface area contributed by atoms with Crippen molar-refractivity contribution in [3.63, 3.8) is 0 Å². The third-order valence-electron chi connectivity index (χ3n) is 1.98. The number of aliphatic hydroxyl groups excluding tert-OH is 1.